The Morgan fingerprint density at radius 3 is 3.28 bits per heavy atom. The maximum Gasteiger partial charge on any atom is 0.239 e. The first-order chi connectivity index (χ1) is 8.70. The van der Waals surface area contributed by atoms with E-state index in [1.807, 2.05) is 12.1 Å². The summed E-state index contributed by atoms with van der Waals surface area (Å²) in [6.45, 7) is 2.48. The van der Waals surface area contributed by atoms with E-state index in [1.54, 1.807) is 13.2 Å². The molecule has 1 aliphatic heterocycles. The number of likely N-dealkylation sites (N-methyl/N-ethyl adjacent to an activating group) is 1. The van der Waals surface area contributed by atoms with Gasteiger partial charge in [0.15, 0.2) is 0 Å². The van der Waals surface area contributed by atoms with E-state index in [1.165, 1.54) is 0 Å². The van der Waals surface area contributed by atoms with Gasteiger partial charge in [0.1, 0.15) is 11.2 Å². The van der Waals surface area contributed by atoms with Crippen LogP contribution in [0.5, 0.6) is 0 Å². The first-order valence-electron chi connectivity index (χ1n) is 5.84. The van der Waals surface area contributed by atoms with E-state index < -0.39 is 0 Å². The number of carbonyl (C=O) groups is 1. The largest absolute Gasteiger partial charge is 0.378 e. The number of rotatable bonds is 3. The number of hydrogen-bond donors (Lipinski definition) is 1. The quantitative estimate of drug-likeness (QED) is 0.820. The minimum absolute atomic E-state index is 0.0187. The van der Waals surface area contributed by atoms with Gasteiger partial charge in [-0.05, 0) is 17.7 Å². The Morgan fingerprint density at radius 2 is 2.56 bits per heavy atom. The van der Waals surface area contributed by atoms with Crippen LogP contribution in [0.1, 0.15) is 5.56 Å². The molecule has 6 heteroatoms. The molecule has 1 amide bonds. The lowest BCUT2D eigenvalue weighted by Crippen LogP contribution is -2.52. The highest BCUT2D eigenvalue weighted by Gasteiger charge is 2.28. The molecule has 1 fully saturated rings. The first kappa shape index (κ1) is 13.3. The molecule has 2 heterocycles. The van der Waals surface area contributed by atoms with Crippen molar-refractivity contribution < 1.29 is 9.53 Å². The number of pyridine rings is 1. The molecule has 1 atom stereocenters. The number of hydrogen-bond acceptors (Lipinski definition) is 4. The van der Waals surface area contributed by atoms with Crippen LogP contribution in [-0.4, -0.2) is 48.6 Å². The Bertz CT molecular complexity index is 428. The third kappa shape index (κ3) is 3.19. The predicted octanol–water partition coefficient (Wildman–Crippen LogP) is 0.682. The van der Waals surface area contributed by atoms with Crippen molar-refractivity contribution >= 4 is 17.5 Å². The Morgan fingerprint density at radius 1 is 1.72 bits per heavy atom. The van der Waals surface area contributed by atoms with E-state index in [4.69, 9.17) is 16.3 Å². The summed E-state index contributed by atoms with van der Waals surface area (Å²) >= 11 is 5.86. The first-order valence-corrected chi connectivity index (χ1v) is 6.22. The van der Waals surface area contributed by atoms with E-state index in [-0.39, 0.29) is 11.9 Å². The molecule has 2 rings (SSSR count). The fraction of sp³-hybridized carbons (Fsp3) is 0.500. The minimum atomic E-state index is -0.240. The lowest BCUT2D eigenvalue weighted by atomic mass is 10.1. The average Bonchev–Trinajstić information content (AvgIpc) is 2.38. The van der Waals surface area contributed by atoms with E-state index >= 15 is 0 Å². The molecule has 1 aliphatic rings. The topological polar surface area (TPSA) is 54.5 Å². The smallest absolute Gasteiger partial charge is 0.239 e. The van der Waals surface area contributed by atoms with Gasteiger partial charge in [-0.15, -0.1) is 0 Å². The van der Waals surface area contributed by atoms with Crippen LogP contribution in [0.15, 0.2) is 18.3 Å². The van der Waals surface area contributed by atoms with Crippen LogP contribution in [0, 0.1) is 0 Å². The maximum atomic E-state index is 11.8. The Balaban J connectivity index is 2.07. The normalized spacial score (nSPS) is 20.7. The summed E-state index contributed by atoms with van der Waals surface area (Å²) in [6.07, 6.45) is 1.67. The van der Waals surface area contributed by atoms with Crippen molar-refractivity contribution in [1.82, 2.24) is 15.2 Å². The van der Waals surface area contributed by atoms with E-state index in [9.17, 15) is 4.79 Å². The van der Waals surface area contributed by atoms with Crippen molar-refractivity contribution in [3.63, 3.8) is 0 Å². The van der Waals surface area contributed by atoms with Gasteiger partial charge in [-0.25, -0.2) is 4.98 Å². The number of carbonyl (C=O) groups excluding carboxylic acids is 1. The van der Waals surface area contributed by atoms with Crippen LogP contribution in [-0.2, 0) is 16.1 Å². The number of amides is 1. The van der Waals surface area contributed by atoms with E-state index in [0.29, 0.717) is 24.9 Å². The van der Waals surface area contributed by atoms with Crippen LogP contribution >= 0.6 is 11.6 Å². The van der Waals surface area contributed by atoms with Crippen molar-refractivity contribution in [3.05, 3.63) is 29.0 Å². The highest BCUT2D eigenvalue weighted by molar-refractivity contribution is 6.29. The zero-order chi connectivity index (χ0) is 13.0. The van der Waals surface area contributed by atoms with Crippen molar-refractivity contribution in [3.8, 4) is 0 Å². The molecule has 1 unspecified atom stereocenters. The van der Waals surface area contributed by atoms with Gasteiger partial charge in [0, 0.05) is 26.3 Å². The fourth-order valence-electron chi connectivity index (χ4n) is 2.01. The number of morpholine rings is 1. The number of nitrogens with zero attached hydrogens (tertiary/aromatic N) is 2. The summed E-state index contributed by atoms with van der Waals surface area (Å²) in [7, 11) is 1.64. The SMILES string of the molecule is CNC(=O)C1COCCN1Cc1ccnc(Cl)c1. The third-order valence-electron chi connectivity index (χ3n) is 2.97. The van der Waals surface area contributed by atoms with Gasteiger partial charge >= 0.3 is 0 Å². The van der Waals surface area contributed by atoms with E-state index in [2.05, 4.69) is 15.2 Å². The van der Waals surface area contributed by atoms with Crippen LogP contribution in [0.2, 0.25) is 5.15 Å². The summed E-state index contributed by atoms with van der Waals surface area (Å²) in [4.78, 5) is 17.8. The van der Waals surface area contributed by atoms with E-state index in [0.717, 1.165) is 12.1 Å². The predicted molar refractivity (Wildman–Crippen MR) is 68.3 cm³/mol. The monoisotopic (exact) mass is 269 g/mol. The molecule has 98 valence electrons. The number of ether oxygens (including phenoxy) is 1. The number of halogens is 1. The van der Waals surface area contributed by atoms with Crippen molar-refractivity contribution in [2.75, 3.05) is 26.8 Å². The molecule has 0 saturated carbocycles. The van der Waals surface area contributed by atoms with Crippen LogP contribution < -0.4 is 5.32 Å². The van der Waals surface area contributed by atoms with Gasteiger partial charge in [-0.2, -0.15) is 0 Å². The second kappa shape index (κ2) is 6.13. The fourth-order valence-corrected chi connectivity index (χ4v) is 2.21. The number of aromatic nitrogens is 1. The zero-order valence-electron chi connectivity index (χ0n) is 10.2. The summed E-state index contributed by atoms with van der Waals surface area (Å²) in [5.41, 5.74) is 1.05. The molecule has 5 nitrogen and oxygen atoms in total. The molecule has 0 aliphatic carbocycles. The minimum Gasteiger partial charge on any atom is -0.378 e. The molecule has 1 aromatic heterocycles. The Labute approximate surface area is 111 Å². The van der Waals surface area contributed by atoms with Crippen molar-refractivity contribution in [2.24, 2.45) is 0 Å². The second-order valence-corrected chi connectivity index (χ2v) is 4.55. The maximum absolute atomic E-state index is 11.8. The number of nitrogens with one attached hydrogen (secondary N) is 1. The molecule has 1 aromatic rings. The van der Waals surface area contributed by atoms with Crippen LogP contribution in [0.25, 0.3) is 0 Å². The molecule has 1 saturated heterocycles. The standard InChI is InChI=1S/C12H16ClN3O2/c1-14-12(17)10-8-18-5-4-16(10)7-9-2-3-15-11(13)6-9/h2-3,6,10H,4-5,7-8H2,1H3,(H,14,17). The molecular formula is C12H16ClN3O2. The third-order valence-corrected chi connectivity index (χ3v) is 3.17. The summed E-state index contributed by atoms with van der Waals surface area (Å²) in [6, 6.07) is 3.48. The van der Waals surface area contributed by atoms with Crippen molar-refractivity contribution in [1.29, 1.82) is 0 Å². The van der Waals surface area contributed by atoms with Gasteiger partial charge in [0.05, 0.1) is 13.2 Å². The highest BCUT2D eigenvalue weighted by Crippen LogP contribution is 2.14. The summed E-state index contributed by atoms with van der Waals surface area (Å²) in [5, 5.41) is 3.13. The lowest BCUT2D eigenvalue weighted by Gasteiger charge is -2.34. The highest BCUT2D eigenvalue weighted by atomic mass is 35.5. The summed E-state index contributed by atoms with van der Waals surface area (Å²) < 4.78 is 5.36. The second-order valence-electron chi connectivity index (χ2n) is 4.16. The zero-order valence-corrected chi connectivity index (χ0v) is 11.0. The van der Waals surface area contributed by atoms with Gasteiger partial charge in [0.25, 0.3) is 0 Å². The molecule has 1 N–H and O–H groups in total. The van der Waals surface area contributed by atoms with Crippen LogP contribution in [0.3, 0.4) is 0 Å². The Hall–Kier alpha value is -1.17. The summed E-state index contributed by atoms with van der Waals surface area (Å²) in [5.74, 6) is -0.0187. The van der Waals surface area contributed by atoms with Gasteiger partial charge in [-0.3, -0.25) is 9.69 Å². The lowest BCUT2D eigenvalue weighted by molar-refractivity contribution is -0.132. The molecule has 0 spiro atoms. The van der Waals surface area contributed by atoms with Gasteiger partial charge in [0.2, 0.25) is 5.91 Å². The van der Waals surface area contributed by atoms with Gasteiger partial charge < -0.3 is 10.1 Å². The van der Waals surface area contributed by atoms with Crippen molar-refractivity contribution in [2.45, 2.75) is 12.6 Å². The molecule has 0 bridgehead atoms. The molecule has 0 radical (unpaired) electrons. The van der Waals surface area contributed by atoms with Gasteiger partial charge in [-0.1, -0.05) is 11.6 Å². The molecule has 0 aromatic carbocycles. The molecule has 18 heavy (non-hydrogen) atoms. The average molecular weight is 270 g/mol. The van der Waals surface area contributed by atoms with Crippen LogP contribution in [0.4, 0.5) is 0 Å². The Kier molecular flexibility index (Phi) is 4.52. The molecular weight excluding hydrogens is 254 g/mol.